The normalized spacial score (nSPS) is 15.0. The van der Waals surface area contributed by atoms with Crippen LogP contribution in [-0.4, -0.2) is 28.7 Å². The Kier molecular flexibility index (Phi) is 8.26. The third kappa shape index (κ3) is 5.72. The van der Waals surface area contributed by atoms with Crippen molar-refractivity contribution in [3.05, 3.63) is 110 Å². The van der Waals surface area contributed by atoms with E-state index < -0.39 is 16.9 Å². The van der Waals surface area contributed by atoms with Gasteiger partial charge in [-0.25, -0.2) is 9.79 Å². The first-order valence-corrected chi connectivity index (χ1v) is 14.9. The van der Waals surface area contributed by atoms with Gasteiger partial charge in [-0.3, -0.25) is 19.5 Å². The first-order valence-electron chi connectivity index (χ1n) is 13.3. The molecule has 2 aromatic carbocycles. The molecule has 5 rings (SSSR count). The third-order valence-corrected chi connectivity index (χ3v) is 8.57. The molecule has 4 aromatic rings. The van der Waals surface area contributed by atoms with Crippen molar-refractivity contribution in [1.82, 2.24) is 4.57 Å². The molecule has 2 aromatic heterocycles. The quantitative estimate of drug-likeness (QED) is 0.140. The van der Waals surface area contributed by atoms with Crippen LogP contribution in [0.4, 0.5) is 5.69 Å². The number of esters is 1. The van der Waals surface area contributed by atoms with Crippen molar-refractivity contribution in [3.8, 4) is 17.1 Å². The van der Waals surface area contributed by atoms with Crippen molar-refractivity contribution in [2.24, 2.45) is 4.99 Å². The van der Waals surface area contributed by atoms with Crippen molar-refractivity contribution in [2.45, 2.75) is 46.8 Å². The van der Waals surface area contributed by atoms with Crippen LogP contribution in [0.5, 0.6) is 5.75 Å². The van der Waals surface area contributed by atoms with Crippen LogP contribution in [-0.2, 0) is 9.53 Å². The average Bonchev–Trinajstić information content (AvgIpc) is 3.53. The fourth-order valence-corrected chi connectivity index (χ4v) is 6.37. The summed E-state index contributed by atoms with van der Waals surface area (Å²) in [7, 11) is 1.53. The highest BCUT2D eigenvalue weighted by Crippen LogP contribution is 2.37. The van der Waals surface area contributed by atoms with Crippen molar-refractivity contribution >= 4 is 45.0 Å². The highest BCUT2D eigenvalue weighted by molar-refractivity contribution is 9.10. The van der Waals surface area contributed by atoms with Crippen LogP contribution in [0.15, 0.2) is 72.4 Å². The Morgan fingerprint density at radius 2 is 1.93 bits per heavy atom. The second kappa shape index (κ2) is 11.8. The Labute approximate surface area is 258 Å². The fraction of sp³-hybridized carbons (Fsp3) is 0.258. The predicted octanol–water partition coefficient (Wildman–Crippen LogP) is 5.74. The molecule has 0 bridgehead atoms. The number of hydrogen-bond acceptors (Lipinski definition) is 9. The van der Waals surface area contributed by atoms with Gasteiger partial charge in [-0.15, -0.1) is 0 Å². The number of thiazole rings is 1. The SMILES string of the molecule is COc1ccc(Br)cc1[C@@H]1C(C(=O)OC(C)C)=C(C)N=c2s/c(=C\c3ccc(-c4cc(C)c(C)c([N+](=O)[O-])c4)o3)c(=O)n21. The number of nitro groups is 1. The van der Waals surface area contributed by atoms with E-state index in [4.69, 9.17) is 13.9 Å². The number of rotatable bonds is 7. The monoisotopic (exact) mass is 665 g/mol. The van der Waals surface area contributed by atoms with Gasteiger partial charge in [0.2, 0.25) is 0 Å². The first kappa shape index (κ1) is 30.2. The average molecular weight is 667 g/mol. The smallest absolute Gasteiger partial charge is 0.338 e. The van der Waals surface area contributed by atoms with Crippen LogP contribution < -0.4 is 19.6 Å². The van der Waals surface area contributed by atoms with Crippen LogP contribution in [0.25, 0.3) is 17.4 Å². The molecule has 0 amide bonds. The molecule has 0 N–H and O–H groups in total. The van der Waals surface area contributed by atoms with Gasteiger partial charge in [0.25, 0.3) is 11.2 Å². The number of hydrogen-bond donors (Lipinski definition) is 0. The molecule has 12 heteroatoms. The summed E-state index contributed by atoms with van der Waals surface area (Å²) in [4.78, 5) is 43.5. The van der Waals surface area contributed by atoms with E-state index in [1.807, 2.05) is 18.2 Å². The molecular formula is C31H28BrN3O7S. The van der Waals surface area contributed by atoms with E-state index in [0.29, 0.717) is 49.0 Å². The Hall–Kier alpha value is -4.29. The van der Waals surface area contributed by atoms with E-state index in [1.165, 1.54) is 17.7 Å². The van der Waals surface area contributed by atoms with Gasteiger partial charge >= 0.3 is 5.97 Å². The summed E-state index contributed by atoms with van der Waals surface area (Å²) >= 11 is 4.66. The van der Waals surface area contributed by atoms with Gasteiger partial charge < -0.3 is 13.9 Å². The second-order valence-electron chi connectivity index (χ2n) is 10.3. The highest BCUT2D eigenvalue weighted by atomic mass is 79.9. The number of aryl methyl sites for hydroxylation is 1. The lowest BCUT2D eigenvalue weighted by Crippen LogP contribution is -2.40. The Morgan fingerprint density at radius 3 is 2.60 bits per heavy atom. The minimum atomic E-state index is -0.861. The van der Waals surface area contributed by atoms with Crippen LogP contribution in [0.2, 0.25) is 0 Å². The molecule has 0 unspecified atom stereocenters. The number of methoxy groups -OCH3 is 1. The molecular weight excluding hydrogens is 638 g/mol. The lowest BCUT2D eigenvalue weighted by atomic mass is 9.95. The van der Waals surface area contributed by atoms with Crippen molar-refractivity contribution < 1.29 is 23.6 Å². The van der Waals surface area contributed by atoms with Crippen molar-refractivity contribution in [2.75, 3.05) is 7.11 Å². The zero-order valence-electron chi connectivity index (χ0n) is 24.3. The number of ether oxygens (including phenoxy) is 2. The standard InChI is InChI=1S/C31H28BrN3O7S/c1-15(2)41-30(37)27-18(5)33-31-34(28(27)22-13-20(32)7-9-25(22)40-6)29(36)26(43-31)14-21-8-10-24(42-21)19-11-16(3)17(4)23(12-19)35(38)39/h7-15,28H,1-6H3/b26-14-/t28-/m1/s1. The van der Waals surface area contributed by atoms with Gasteiger partial charge in [0, 0.05) is 33.3 Å². The molecule has 10 nitrogen and oxygen atoms in total. The lowest BCUT2D eigenvalue weighted by molar-refractivity contribution is -0.385. The summed E-state index contributed by atoms with van der Waals surface area (Å²) in [5.41, 5.74) is 2.80. The van der Waals surface area contributed by atoms with E-state index >= 15 is 0 Å². The maximum Gasteiger partial charge on any atom is 0.338 e. The number of furan rings is 1. The molecule has 0 aliphatic carbocycles. The summed E-state index contributed by atoms with van der Waals surface area (Å²) in [5, 5.41) is 11.5. The summed E-state index contributed by atoms with van der Waals surface area (Å²) < 4.78 is 19.8. The summed E-state index contributed by atoms with van der Waals surface area (Å²) in [6, 6.07) is 11.2. The minimum absolute atomic E-state index is 0.00593. The molecule has 0 radical (unpaired) electrons. The molecule has 1 aliphatic rings. The van der Waals surface area contributed by atoms with E-state index in [2.05, 4.69) is 20.9 Å². The molecule has 0 saturated carbocycles. The fourth-order valence-electron chi connectivity index (χ4n) is 4.96. The van der Waals surface area contributed by atoms with Gasteiger partial charge in [-0.1, -0.05) is 27.3 Å². The molecule has 0 spiro atoms. The summed E-state index contributed by atoms with van der Waals surface area (Å²) in [6.45, 7) is 8.74. The molecule has 1 atom stereocenters. The van der Waals surface area contributed by atoms with Gasteiger partial charge in [0.15, 0.2) is 4.80 Å². The van der Waals surface area contributed by atoms with Gasteiger partial charge in [0.05, 0.1) is 33.9 Å². The van der Waals surface area contributed by atoms with Crippen LogP contribution >= 0.6 is 27.3 Å². The van der Waals surface area contributed by atoms with E-state index in [1.54, 1.807) is 58.9 Å². The van der Waals surface area contributed by atoms with E-state index in [9.17, 15) is 19.7 Å². The number of allylic oxidation sites excluding steroid dienone is 1. The molecule has 3 heterocycles. The number of nitrogens with zero attached hydrogens (tertiary/aromatic N) is 3. The minimum Gasteiger partial charge on any atom is -0.496 e. The molecule has 0 fully saturated rings. The van der Waals surface area contributed by atoms with Gasteiger partial charge in [-0.2, -0.15) is 0 Å². The lowest BCUT2D eigenvalue weighted by Gasteiger charge is -2.26. The molecule has 43 heavy (non-hydrogen) atoms. The van der Waals surface area contributed by atoms with Gasteiger partial charge in [0.1, 0.15) is 23.3 Å². The molecule has 0 saturated heterocycles. The maximum atomic E-state index is 14.0. The zero-order valence-corrected chi connectivity index (χ0v) is 26.7. The Morgan fingerprint density at radius 1 is 1.19 bits per heavy atom. The summed E-state index contributed by atoms with van der Waals surface area (Å²) in [6.07, 6.45) is 1.22. The second-order valence-corrected chi connectivity index (χ2v) is 12.2. The van der Waals surface area contributed by atoms with Crippen LogP contribution in [0, 0.1) is 24.0 Å². The van der Waals surface area contributed by atoms with E-state index in [-0.39, 0.29) is 22.9 Å². The van der Waals surface area contributed by atoms with Crippen LogP contribution in [0.1, 0.15) is 49.3 Å². The zero-order chi connectivity index (χ0) is 31.2. The van der Waals surface area contributed by atoms with Crippen LogP contribution in [0.3, 0.4) is 0 Å². The Balaban J connectivity index is 1.66. The predicted molar refractivity (Wildman–Crippen MR) is 166 cm³/mol. The summed E-state index contributed by atoms with van der Waals surface area (Å²) in [5.74, 6) is 0.727. The highest BCUT2D eigenvalue weighted by Gasteiger charge is 2.35. The van der Waals surface area contributed by atoms with E-state index in [0.717, 1.165) is 21.4 Å². The Bertz CT molecular complexity index is 2000. The number of fused-ring (bicyclic) bond motifs is 1. The maximum absolute atomic E-state index is 14.0. The number of aromatic nitrogens is 1. The number of benzene rings is 2. The third-order valence-electron chi connectivity index (χ3n) is 7.09. The number of carbonyl (C=O) groups is 1. The van der Waals surface area contributed by atoms with Crippen molar-refractivity contribution in [3.63, 3.8) is 0 Å². The van der Waals surface area contributed by atoms with Crippen molar-refractivity contribution in [1.29, 1.82) is 0 Å². The first-order chi connectivity index (χ1) is 20.4. The number of halogens is 1. The molecule has 1 aliphatic heterocycles. The van der Waals surface area contributed by atoms with Gasteiger partial charge in [-0.05, 0) is 76.6 Å². The number of carbonyl (C=O) groups excluding carboxylic acids is 1. The topological polar surface area (TPSA) is 126 Å². The number of nitro benzene ring substituents is 1. The molecule has 222 valence electrons. The largest absolute Gasteiger partial charge is 0.496 e.